The second-order valence-corrected chi connectivity index (χ2v) is 6.47. The molecule has 0 saturated carbocycles. The molecule has 9 nitrogen and oxygen atoms in total. The number of nitrogens with zero attached hydrogens (tertiary/aromatic N) is 6. The van der Waals surface area contributed by atoms with Crippen LogP contribution in [0.2, 0.25) is 0 Å². The number of aromatic nitrogens is 5. The smallest absolute Gasteiger partial charge is 0.308 e. The van der Waals surface area contributed by atoms with Crippen molar-refractivity contribution < 1.29 is 14.4 Å². The molecule has 1 saturated heterocycles. The molecule has 2 unspecified atom stereocenters. The van der Waals surface area contributed by atoms with E-state index in [0.29, 0.717) is 36.7 Å². The van der Waals surface area contributed by atoms with Crippen LogP contribution in [0.1, 0.15) is 23.6 Å². The summed E-state index contributed by atoms with van der Waals surface area (Å²) in [5.41, 5.74) is 2.14. The Bertz CT molecular complexity index is 933. The van der Waals surface area contributed by atoms with Crippen LogP contribution in [-0.4, -0.2) is 49.1 Å². The second-order valence-electron chi connectivity index (χ2n) is 6.47. The maximum absolute atomic E-state index is 11.7. The SMILES string of the molecule is Cc1noc2ncnc(N3CC(C(=O)O)CC(c4cnn(C)c4)C3)c12. The lowest BCUT2D eigenvalue weighted by Gasteiger charge is -2.36. The monoisotopic (exact) mass is 342 g/mol. The van der Waals surface area contributed by atoms with Crippen molar-refractivity contribution in [3.05, 3.63) is 30.0 Å². The number of piperidine rings is 1. The zero-order valence-electron chi connectivity index (χ0n) is 14.0. The van der Waals surface area contributed by atoms with E-state index in [0.717, 1.165) is 10.9 Å². The van der Waals surface area contributed by atoms with Gasteiger partial charge in [0.1, 0.15) is 17.5 Å². The molecule has 3 aromatic heterocycles. The summed E-state index contributed by atoms with van der Waals surface area (Å²) < 4.78 is 6.95. The number of hydrogen-bond acceptors (Lipinski definition) is 7. The standard InChI is InChI=1S/C16H18N6O3/c1-9-13-14(17-8-18-15(13)25-20-9)22-6-10(3-11(7-22)16(23)24)12-4-19-21(2)5-12/h4-5,8,10-11H,3,6-7H2,1-2H3,(H,23,24). The Labute approximate surface area is 143 Å². The molecule has 0 spiro atoms. The molecule has 0 aromatic carbocycles. The number of aliphatic carboxylic acids is 1. The average Bonchev–Trinajstić information content (AvgIpc) is 3.21. The molecule has 0 radical (unpaired) electrons. The highest BCUT2D eigenvalue weighted by molar-refractivity contribution is 5.88. The molecule has 3 aromatic rings. The summed E-state index contributed by atoms with van der Waals surface area (Å²) in [4.78, 5) is 22.2. The van der Waals surface area contributed by atoms with Gasteiger partial charge in [0.15, 0.2) is 0 Å². The lowest BCUT2D eigenvalue weighted by atomic mass is 9.85. The number of anilines is 1. The number of rotatable bonds is 3. The highest BCUT2D eigenvalue weighted by Crippen LogP contribution is 2.35. The molecule has 0 aliphatic carbocycles. The van der Waals surface area contributed by atoms with Gasteiger partial charge in [0.25, 0.3) is 5.71 Å². The van der Waals surface area contributed by atoms with Gasteiger partial charge < -0.3 is 14.5 Å². The summed E-state index contributed by atoms with van der Waals surface area (Å²) in [6.07, 6.45) is 5.74. The quantitative estimate of drug-likeness (QED) is 0.759. The molecule has 130 valence electrons. The Kier molecular flexibility index (Phi) is 3.63. The maximum atomic E-state index is 11.7. The summed E-state index contributed by atoms with van der Waals surface area (Å²) in [6, 6.07) is 0. The minimum absolute atomic E-state index is 0.0636. The predicted molar refractivity (Wildman–Crippen MR) is 88.2 cm³/mol. The van der Waals surface area contributed by atoms with Gasteiger partial charge in [-0.25, -0.2) is 4.98 Å². The minimum Gasteiger partial charge on any atom is -0.481 e. The topological polar surface area (TPSA) is 110 Å². The van der Waals surface area contributed by atoms with E-state index in [1.807, 2.05) is 25.1 Å². The fourth-order valence-electron chi connectivity index (χ4n) is 3.49. The maximum Gasteiger partial charge on any atom is 0.308 e. The lowest BCUT2D eigenvalue weighted by Crippen LogP contribution is -2.43. The molecule has 1 aliphatic rings. The molecule has 25 heavy (non-hydrogen) atoms. The van der Waals surface area contributed by atoms with Gasteiger partial charge in [0, 0.05) is 32.3 Å². The Morgan fingerprint density at radius 1 is 1.36 bits per heavy atom. The second kappa shape index (κ2) is 5.83. The molecule has 0 bridgehead atoms. The van der Waals surface area contributed by atoms with Gasteiger partial charge in [-0.05, 0) is 18.9 Å². The summed E-state index contributed by atoms with van der Waals surface area (Å²) in [5.74, 6) is -0.549. The van der Waals surface area contributed by atoms with Crippen LogP contribution in [0, 0.1) is 12.8 Å². The molecular weight excluding hydrogens is 324 g/mol. The van der Waals surface area contributed by atoms with Crippen molar-refractivity contribution in [2.45, 2.75) is 19.3 Å². The molecule has 1 aliphatic heterocycles. The molecule has 1 fully saturated rings. The third kappa shape index (κ3) is 2.71. The number of fused-ring (bicyclic) bond motifs is 1. The summed E-state index contributed by atoms with van der Waals surface area (Å²) in [7, 11) is 1.85. The van der Waals surface area contributed by atoms with E-state index >= 15 is 0 Å². The van der Waals surface area contributed by atoms with Gasteiger partial charge in [-0.1, -0.05) is 5.16 Å². The fraction of sp³-hybridized carbons (Fsp3) is 0.438. The molecule has 4 rings (SSSR count). The fourth-order valence-corrected chi connectivity index (χ4v) is 3.49. The van der Waals surface area contributed by atoms with Gasteiger partial charge in [0.2, 0.25) is 0 Å². The van der Waals surface area contributed by atoms with Crippen LogP contribution in [0.5, 0.6) is 0 Å². The van der Waals surface area contributed by atoms with E-state index in [4.69, 9.17) is 4.52 Å². The zero-order valence-corrected chi connectivity index (χ0v) is 14.0. The van der Waals surface area contributed by atoms with Crippen molar-refractivity contribution in [2.75, 3.05) is 18.0 Å². The van der Waals surface area contributed by atoms with Crippen LogP contribution < -0.4 is 4.90 Å². The van der Waals surface area contributed by atoms with E-state index in [9.17, 15) is 9.90 Å². The summed E-state index contributed by atoms with van der Waals surface area (Å²) >= 11 is 0. The Balaban J connectivity index is 1.74. The first-order chi connectivity index (χ1) is 12.0. The molecule has 0 amide bonds. The Morgan fingerprint density at radius 3 is 2.92 bits per heavy atom. The molecule has 2 atom stereocenters. The van der Waals surface area contributed by atoms with Crippen molar-refractivity contribution in [1.82, 2.24) is 24.9 Å². The number of carboxylic acid groups (broad SMARTS) is 1. The van der Waals surface area contributed by atoms with E-state index in [-0.39, 0.29) is 5.92 Å². The lowest BCUT2D eigenvalue weighted by molar-refractivity contribution is -0.142. The summed E-state index contributed by atoms with van der Waals surface area (Å²) in [5, 5.41) is 18.5. The van der Waals surface area contributed by atoms with Gasteiger partial charge in [0.05, 0.1) is 17.8 Å². The number of aryl methyl sites for hydroxylation is 2. The van der Waals surface area contributed by atoms with E-state index in [2.05, 4.69) is 20.2 Å². The van der Waals surface area contributed by atoms with Crippen molar-refractivity contribution in [1.29, 1.82) is 0 Å². The normalized spacial score (nSPS) is 21.0. The van der Waals surface area contributed by atoms with Gasteiger partial charge in [-0.3, -0.25) is 9.48 Å². The first kappa shape index (κ1) is 15.6. The third-order valence-corrected chi connectivity index (χ3v) is 4.72. The number of carbonyl (C=O) groups is 1. The highest BCUT2D eigenvalue weighted by atomic mass is 16.5. The van der Waals surface area contributed by atoms with Gasteiger partial charge >= 0.3 is 5.97 Å². The largest absolute Gasteiger partial charge is 0.481 e. The minimum atomic E-state index is -0.800. The van der Waals surface area contributed by atoms with Crippen LogP contribution in [0.3, 0.4) is 0 Å². The number of carboxylic acids is 1. The number of hydrogen-bond donors (Lipinski definition) is 1. The first-order valence-corrected chi connectivity index (χ1v) is 8.06. The van der Waals surface area contributed by atoms with Crippen molar-refractivity contribution in [2.24, 2.45) is 13.0 Å². The van der Waals surface area contributed by atoms with E-state index < -0.39 is 11.9 Å². The van der Waals surface area contributed by atoms with Crippen LogP contribution in [0.25, 0.3) is 11.1 Å². The van der Waals surface area contributed by atoms with E-state index in [1.54, 1.807) is 10.9 Å². The predicted octanol–water partition coefficient (Wildman–Crippen LogP) is 1.35. The van der Waals surface area contributed by atoms with Crippen LogP contribution in [0.4, 0.5) is 5.82 Å². The first-order valence-electron chi connectivity index (χ1n) is 8.06. The Morgan fingerprint density at radius 2 is 2.20 bits per heavy atom. The van der Waals surface area contributed by atoms with Gasteiger partial charge in [-0.2, -0.15) is 10.1 Å². The molecular formula is C16H18N6O3. The molecule has 1 N–H and O–H groups in total. The third-order valence-electron chi connectivity index (χ3n) is 4.72. The van der Waals surface area contributed by atoms with Crippen LogP contribution in [0.15, 0.2) is 23.2 Å². The van der Waals surface area contributed by atoms with Crippen LogP contribution in [-0.2, 0) is 11.8 Å². The molecule has 9 heteroatoms. The average molecular weight is 342 g/mol. The Hall–Kier alpha value is -2.97. The highest BCUT2D eigenvalue weighted by Gasteiger charge is 2.34. The van der Waals surface area contributed by atoms with Crippen molar-refractivity contribution in [3.8, 4) is 0 Å². The van der Waals surface area contributed by atoms with Crippen molar-refractivity contribution >= 4 is 22.9 Å². The van der Waals surface area contributed by atoms with E-state index in [1.165, 1.54) is 6.33 Å². The van der Waals surface area contributed by atoms with Gasteiger partial charge in [-0.15, -0.1) is 0 Å². The van der Waals surface area contributed by atoms with Crippen LogP contribution >= 0.6 is 0 Å². The zero-order chi connectivity index (χ0) is 17.6. The van der Waals surface area contributed by atoms with Crippen molar-refractivity contribution in [3.63, 3.8) is 0 Å². The summed E-state index contributed by atoms with van der Waals surface area (Å²) in [6.45, 7) is 2.88. The molecule has 4 heterocycles.